The minimum atomic E-state index is 0.209. The highest BCUT2D eigenvalue weighted by Crippen LogP contribution is 2.23. The number of piperidine rings is 1. The number of nitrogens with one attached hydrogen (secondary N) is 1. The highest BCUT2D eigenvalue weighted by atomic mass is 16.5. The Morgan fingerprint density at radius 1 is 1.29 bits per heavy atom. The summed E-state index contributed by atoms with van der Waals surface area (Å²) < 4.78 is 5.33. The van der Waals surface area contributed by atoms with Gasteiger partial charge in [-0.3, -0.25) is 4.79 Å². The fourth-order valence-corrected chi connectivity index (χ4v) is 2.92. The van der Waals surface area contributed by atoms with Crippen molar-refractivity contribution in [1.29, 1.82) is 0 Å². The molecule has 2 aliphatic rings. The fraction of sp³-hybridized carbons (Fsp3) is 0.923. The van der Waals surface area contributed by atoms with E-state index >= 15 is 0 Å². The first-order valence-corrected chi connectivity index (χ1v) is 6.85. The molecule has 98 valence electrons. The van der Waals surface area contributed by atoms with Crippen molar-refractivity contribution in [3.05, 3.63) is 0 Å². The molecule has 17 heavy (non-hydrogen) atoms. The lowest BCUT2D eigenvalue weighted by Gasteiger charge is -2.38. The molecule has 1 N–H and O–H groups in total. The summed E-state index contributed by atoms with van der Waals surface area (Å²) in [5.41, 5.74) is 0. The molecule has 2 saturated heterocycles. The van der Waals surface area contributed by atoms with E-state index in [1.54, 1.807) is 0 Å². The molecule has 0 spiro atoms. The molecule has 0 aliphatic carbocycles. The van der Waals surface area contributed by atoms with Crippen LogP contribution in [0, 0.1) is 5.92 Å². The number of carbonyl (C=O) groups is 1. The topological polar surface area (TPSA) is 41.6 Å². The van der Waals surface area contributed by atoms with Crippen molar-refractivity contribution in [3.8, 4) is 0 Å². The van der Waals surface area contributed by atoms with Crippen molar-refractivity contribution in [2.24, 2.45) is 5.92 Å². The SMILES string of the molecule is CNCC1CCCCN1C(=O)C1CCOCC1. The third-order valence-corrected chi connectivity index (χ3v) is 3.92. The summed E-state index contributed by atoms with van der Waals surface area (Å²) in [6.45, 7) is 3.37. The van der Waals surface area contributed by atoms with Gasteiger partial charge in [0.2, 0.25) is 5.91 Å². The zero-order chi connectivity index (χ0) is 12.1. The second-order valence-corrected chi connectivity index (χ2v) is 5.13. The van der Waals surface area contributed by atoms with Crippen LogP contribution in [-0.4, -0.2) is 50.2 Å². The van der Waals surface area contributed by atoms with Gasteiger partial charge in [0.05, 0.1) is 0 Å². The molecular weight excluding hydrogens is 216 g/mol. The quantitative estimate of drug-likeness (QED) is 0.800. The van der Waals surface area contributed by atoms with Gasteiger partial charge in [0.25, 0.3) is 0 Å². The van der Waals surface area contributed by atoms with Crippen LogP contribution < -0.4 is 5.32 Å². The van der Waals surface area contributed by atoms with E-state index in [4.69, 9.17) is 4.74 Å². The normalized spacial score (nSPS) is 27.1. The van der Waals surface area contributed by atoms with Crippen molar-refractivity contribution >= 4 is 5.91 Å². The molecule has 4 nitrogen and oxygen atoms in total. The van der Waals surface area contributed by atoms with E-state index in [2.05, 4.69) is 10.2 Å². The van der Waals surface area contributed by atoms with Gasteiger partial charge in [-0.15, -0.1) is 0 Å². The first-order valence-electron chi connectivity index (χ1n) is 6.85. The standard InChI is InChI=1S/C13H24N2O2/c1-14-10-12-4-2-3-7-15(12)13(16)11-5-8-17-9-6-11/h11-12,14H,2-10H2,1H3. The number of likely N-dealkylation sites (tertiary alicyclic amines) is 1. The van der Waals surface area contributed by atoms with Gasteiger partial charge in [0, 0.05) is 38.3 Å². The lowest BCUT2D eigenvalue weighted by atomic mass is 9.94. The number of rotatable bonds is 3. The molecule has 0 aromatic carbocycles. The summed E-state index contributed by atoms with van der Waals surface area (Å²) in [4.78, 5) is 14.6. The van der Waals surface area contributed by atoms with E-state index in [0.717, 1.165) is 52.0 Å². The first-order chi connectivity index (χ1) is 8.33. The minimum absolute atomic E-state index is 0.209. The average molecular weight is 240 g/mol. The van der Waals surface area contributed by atoms with Gasteiger partial charge in [0.1, 0.15) is 0 Å². The molecule has 0 bridgehead atoms. The van der Waals surface area contributed by atoms with Crippen molar-refractivity contribution < 1.29 is 9.53 Å². The Morgan fingerprint density at radius 3 is 2.76 bits per heavy atom. The third-order valence-electron chi connectivity index (χ3n) is 3.92. The highest BCUT2D eigenvalue weighted by molar-refractivity contribution is 5.79. The number of likely N-dealkylation sites (N-methyl/N-ethyl adjacent to an activating group) is 1. The summed E-state index contributed by atoms with van der Waals surface area (Å²) in [6, 6.07) is 0.407. The number of hydrogen-bond acceptors (Lipinski definition) is 3. The van der Waals surface area contributed by atoms with Gasteiger partial charge >= 0.3 is 0 Å². The molecular formula is C13H24N2O2. The van der Waals surface area contributed by atoms with Gasteiger partial charge in [-0.05, 0) is 39.2 Å². The number of ether oxygens (including phenoxy) is 1. The summed E-state index contributed by atoms with van der Waals surface area (Å²) in [5, 5.41) is 3.21. The summed E-state index contributed by atoms with van der Waals surface area (Å²) in [5.74, 6) is 0.578. The van der Waals surface area contributed by atoms with E-state index in [-0.39, 0.29) is 5.92 Å². The molecule has 2 rings (SSSR count). The number of carbonyl (C=O) groups excluding carboxylic acids is 1. The molecule has 1 unspecified atom stereocenters. The van der Waals surface area contributed by atoms with Crippen molar-refractivity contribution in [1.82, 2.24) is 10.2 Å². The van der Waals surface area contributed by atoms with E-state index in [1.807, 2.05) is 7.05 Å². The molecule has 2 fully saturated rings. The molecule has 0 aromatic heterocycles. The summed E-state index contributed by atoms with van der Waals surface area (Å²) >= 11 is 0. The molecule has 0 radical (unpaired) electrons. The fourth-order valence-electron chi connectivity index (χ4n) is 2.92. The molecule has 4 heteroatoms. The lowest BCUT2D eigenvalue weighted by Crippen LogP contribution is -2.50. The van der Waals surface area contributed by atoms with Crippen LogP contribution >= 0.6 is 0 Å². The van der Waals surface area contributed by atoms with Crippen LogP contribution in [0.25, 0.3) is 0 Å². The Morgan fingerprint density at radius 2 is 2.06 bits per heavy atom. The van der Waals surface area contributed by atoms with Gasteiger partial charge in [-0.1, -0.05) is 0 Å². The van der Waals surface area contributed by atoms with E-state index in [9.17, 15) is 4.79 Å². The maximum absolute atomic E-state index is 12.5. The Bertz CT molecular complexity index is 250. The average Bonchev–Trinajstić information content (AvgIpc) is 2.40. The Balaban J connectivity index is 1.94. The third kappa shape index (κ3) is 3.19. The smallest absolute Gasteiger partial charge is 0.226 e. The van der Waals surface area contributed by atoms with Crippen LogP contribution in [0.1, 0.15) is 32.1 Å². The first kappa shape index (κ1) is 12.8. The second kappa shape index (κ2) is 6.36. The Kier molecular flexibility index (Phi) is 4.80. The number of amides is 1. The lowest BCUT2D eigenvalue weighted by molar-refractivity contribution is -0.142. The van der Waals surface area contributed by atoms with Crippen LogP contribution in [0.15, 0.2) is 0 Å². The Hall–Kier alpha value is -0.610. The Labute approximate surface area is 104 Å². The number of hydrogen-bond donors (Lipinski definition) is 1. The predicted molar refractivity (Wildman–Crippen MR) is 66.8 cm³/mol. The van der Waals surface area contributed by atoms with Gasteiger partial charge in [0.15, 0.2) is 0 Å². The van der Waals surface area contributed by atoms with Gasteiger partial charge < -0.3 is 15.0 Å². The maximum atomic E-state index is 12.5. The summed E-state index contributed by atoms with van der Waals surface area (Å²) in [6.07, 6.45) is 5.37. The van der Waals surface area contributed by atoms with Gasteiger partial charge in [-0.2, -0.15) is 0 Å². The molecule has 1 atom stereocenters. The predicted octanol–water partition coefficient (Wildman–Crippen LogP) is 1.01. The zero-order valence-corrected chi connectivity index (χ0v) is 10.8. The van der Waals surface area contributed by atoms with Crippen LogP contribution in [0.4, 0.5) is 0 Å². The molecule has 0 aromatic rings. The molecule has 2 aliphatic heterocycles. The van der Waals surface area contributed by atoms with Crippen molar-refractivity contribution in [3.63, 3.8) is 0 Å². The molecule has 1 amide bonds. The zero-order valence-electron chi connectivity index (χ0n) is 10.8. The van der Waals surface area contributed by atoms with Crippen LogP contribution in [0.2, 0.25) is 0 Å². The monoisotopic (exact) mass is 240 g/mol. The van der Waals surface area contributed by atoms with Gasteiger partial charge in [-0.25, -0.2) is 0 Å². The molecule has 0 saturated carbocycles. The van der Waals surface area contributed by atoms with Crippen molar-refractivity contribution in [2.75, 3.05) is 33.4 Å². The van der Waals surface area contributed by atoms with Crippen LogP contribution in [0.3, 0.4) is 0 Å². The van der Waals surface area contributed by atoms with Crippen molar-refractivity contribution in [2.45, 2.75) is 38.1 Å². The van der Waals surface area contributed by atoms with E-state index in [1.165, 1.54) is 6.42 Å². The number of nitrogens with zero attached hydrogens (tertiary/aromatic N) is 1. The maximum Gasteiger partial charge on any atom is 0.226 e. The van der Waals surface area contributed by atoms with Crippen LogP contribution in [-0.2, 0) is 9.53 Å². The summed E-state index contributed by atoms with van der Waals surface area (Å²) in [7, 11) is 1.96. The van der Waals surface area contributed by atoms with Crippen LogP contribution in [0.5, 0.6) is 0 Å². The highest BCUT2D eigenvalue weighted by Gasteiger charge is 2.31. The largest absolute Gasteiger partial charge is 0.381 e. The molecule has 2 heterocycles. The van der Waals surface area contributed by atoms with E-state index < -0.39 is 0 Å². The second-order valence-electron chi connectivity index (χ2n) is 5.13. The minimum Gasteiger partial charge on any atom is -0.381 e. The van der Waals surface area contributed by atoms with E-state index in [0.29, 0.717) is 11.9 Å².